The molecule has 0 spiro atoms. The maximum atomic E-state index is 12.5. The summed E-state index contributed by atoms with van der Waals surface area (Å²) in [5.74, 6) is 0. The van der Waals surface area contributed by atoms with Crippen molar-refractivity contribution in [2.45, 2.75) is 36.1 Å². The molecule has 1 rings (SSSR count). The molecule has 1 aromatic rings. The largest absolute Gasteiger partial charge is 0.383 e. The van der Waals surface area contributed by atoms with Gasteiger partial charge in [0.05, 0.1) is 21.9 Å². The first-order valence-electron chi connectivity index (χ1n) is 6.23. The van der Waals surface area contributed by atoms with Crippen LogP contribution in [-0.2, 0) is 24.6 Å². The molecule has 0 bridgehead atoms. The summed E-state index contributed by atoms with van der Waals surface area (Å²) in [4.78, 5) is -0.0763. The predicted molar refractivity (Wildman–Crippen MR) is 80.6 cm³/mol. The Labute approximate surface area is 126 Å². The van der Waals surface area contributed by atoms with E-state index in [0.717, 1.165) is 6.26 Å². The van der Waals surface area contributed by atoms with E-state index in [4.69, 9.17) is 4.74 Å². The Hall–Kier alpha value is -0.960. The van der Waals surface area contributed by atoms with Gasteiger partial charge < -0.3 is 4.74 Å². The minimum atomic E-state index is -3.85. The lowest BCUT2D eigenvalue weighted by molar-refractivity contribution is 0.141. The zero-order chi connectivity index (χ0) is 16.5. The first-order chi connectivity index (χ1) is 9.39. The number of hydrogen-bond acceptors (Lipinski definition) is 5. The molecule has 1 aromatic carbocycles. The maximum Gasteiger partial charge on any atom is 0.241 e. The fraction of sp³-hybridized carbons (Fsp3) is 0.538. The third kappa shape index (κ3) is 4.77. The SMILES string of the molecule is COCC(C)(C)NS(=O)(=O)c1cc(S(C)(=O)=O)ccc1C. The molecule has 0 atom stereocenters. The molecule has 1 N–H and O–H groups in total. The average Bonchev–Trinajstić information content (AvgIpc) is 2.25. The fourth-order valence-electron chi connectivity index (χ4n) is 1.91. The van der Waals surface area contributed by atoms with E-state index in [-0.39, 0.29) is 16.4 Å². The van der Waals surface area contributed by atoms with Crippen molar-refractivity contribution >= 4 is 19.9 Å². The van der Waals surface area contributed by atoms with Crippen LogP contribution in [0.15, 0.2) is 28.0 Å². The summed E-state index contributed by atoms with van der Waals surface area (Å²) >= 11 is 0. The van der Waals surface area contributed by atoms with Crippen molar-refractivity contribution in [1.82, 2.24) is 4.72 Å². The van der Waals surface area contributed by atoms with Gasteiger partial charge in [-0.1, -0.05) is 6.07 Å². The van der Waals surface area contributed by atoms with Crippen LogP contribution in [-0.4, -0.2) is 42.3 Å². The van der Waals surface area contributed by atoms with Crippen LogP contribution in [0.2, 0.25) is 0 Å². The minimum Gasteiger partial charge on any atom is -0.383 e. The smallest absolute Gasteiger partial charge is 0.241 e. The van der Waals surface area contributed by atoms with E-state index in [9.17, 15) is 16.8 Å². The van der Waals surface area contributed by atoms with Gasteiger partial charge in [-0.2, -0.15) is 0 Å². The van der Waals surface area contributed by atoms with Gasteiger partial charge in [-0.25, -0.2) is 21.6 Å². The number of aryl methyl sites for hydroxylation is 1. The third-order valence-corrected chi connectivity index (χ3v) is 5.74. The van der Waals surface area contributed by atoms with Crippen molar-refractivity contribution in [2.75, 3.05) is 20.0 Å². The number of benzene rings is 1. The lowest BCUT2D eigenvalue weighted by Gasteiger charge is -2.25. The van der Waals surface area contributed by atoms with Crippen LogP contribution in [0.5, 0.6) is 0 Å². The molecule has 0 unspecified atom stereocenters. The van der Waals surface area contributed by atoms with E-state index >= 15 is 0 Å². The zero-order valence-corrected chi connectivity index (χ0v) is 14.4. The number of ether oxygens (including phenoxy) is 1. The van der Waals surface area contributed by atoms with Crippen molar-refractivity contribution in [1.29, 1.82) is 0 Å². The van der Waals surface area contributed by atoms with Crippen molar-refractivity contribution in [3.63, 3.8) is 0 Å². The molecular weight excluding hydrogens is 314 g/mol. The van der Waals surface area contributed by atoms with Gasteiger partial charge in [0.15, 0.2) is 9.84 Å². The van der Waals surface area contributed by atoms with E-state index in [1.54, 1.807) is 20.8 Å². The summed E-state index contributed by atoms with van der Waals surface area (Å²) in [7, 11) is -5.84. The Morgan fingerprint density at radius 1 is 1.19 bits per heavy atom. The van der Waals surface area contributed by atoms with Crippen LogP contribution in [0.3, 0.4) is 0 Å². The predicted octanol–water partition coefficient (Wildman–Crippen LogP) is 1.10. The quantitative estimate of drug-likeness (QED) is 0.841. The van der Waals surface area contributed by atoms with Crippen molar-refractivity contribution in [2.24, 2.45) is 0 Å². The summed E-state index contributed by atoms with van der Waals surface area (Å²) < 4.78 is 55.6. The van der Waals surface area contributed by atoms with Crippen LogP contribution in [0.25, 0.3) is 0 Å². The first-order valence-corrected chi connectivity index (χ1v) is 9.60. The molecule has 8 heteroatoms. The summed E-state index contributed by atoms with van der Waals surface area (Å²) in [6.07, 6.45) is 1.04. The molecule has 0 fully saturated rings. The number of rotatable bonds is 6. The number of sulfone groups is 1. The molecule has 0 aliphatic carbocycles. The Bertz CT molecular complexity index is 721. The van der Waals surface area contributed by atoms with Gasteiger partial charge >= 0.3 is 0 Å². The van der Waals surface area contributed by atoms with Crippen molar-refractivity contribution in [3.8, 4) is 0 Å². The van der Waals surface area contributed by atoms with Crippen LogP contribution in [0.4, 0.5) is 0 Å². The number of methoxy groups -OCH3 is 1. The van der Waals surface area contributed by atoms with Crippen LogP contribution >= 0.6 is 0 Å². The average molecular weight is 335 g/mol. The maximum absolute atomic E-state index is 12.5. The first kappa shape index (κ1) is 18.1. The molecule has 6 nitrogen and oxygen atoms in total. The highest BCUT2D eigenvalue weighted by molar-refractivity contribution is 7.91. The summed E-state index contributed by atoms with van der Waals surface area (Å²) in [6, 6.07) is 4.05. The Morgan fingerprint density at radius 3 is 2.24 bits per heavy atom. The van der Waals surface area contributed by atoms with Crippen molar-refractivity contribution < 1.29 is 21.6 Å². The van der Waals surface area contributed by atoms with Crippen LogP contribution in [0, 0.1) is 6.92 Å². The zero-order valence-electron chi connectivity index (χ0n) is 12.8. The van der Waals surface area contributed by atoms with Gasteiger partial charge in [0.2, 0.25) is 10.0 Å². The molecule has 0 saturated carbocycles. The van der Waals surface area contributed by atoms with E-state index in [2.05, 4.69) is 4.72 Å². The van der Waals surface area contributed by atoms with Gasteiger partial charge in [-0.3, -0.25) is 0 Å². The Balaban J connectivity index is 3.32. The molecule has 0 heterocycles. The van der Waals surface area contributed by atoms with Gasteiger partial charge in [-0.05, 0) is 38.5 Å². The summed E-state index contributed by atoms with van der Waals surface area (Å²) in [5.41, 5.74) is -0.329. The van der Waals surface area contributed by atoms with E-state index in [0.29, 0.717) is 5.56 Å². The lowest BCUT2D eigenvalue weighted by atomic mass is 10.1. The van der Waals surface area contributed by atoms with Gasteiger partial charge in [0, 0.05) is 13.4 Å². The standard InChI is InChI=1S/C13H21NO5S2/c1-10-6-7-11(20(5,15)16)8-12(10)21(17,18)14-13(2,3)9-19-4/h6-8,14H,9H2,1-5H3. The minimum absolute atomic E-state index is 0.0296. The molecule has 0 amide bonds. The molecule has 0 radical (unpaired) electrons. The Morgan fingerprint density at radius 2 is 1.76 bits per heavy atom. The molecule has 0 aromatic heterocycles. The summed E-state index contributed by atoms with van der Waals surface area (Å²) in [5, 5.41) is 0. The van der Waals surface area contributed by atoms with Crippen LogP contribution in [0.1, 0.15) is 19.4 Å². The highest BCUT2D eigenvalue weighted by atomic mass is 32.2. The van der Waals surface area contributed by atoms with E-state index in [1.807, 2.05) is 0 Å². The van der Waals surface area contributed by atoms with Gasteiger partial charge in [0.25, 0.3) is 0 Å². The number of nitrogens with one attached hydrogen (secondary N) is 1. The fourth-order valence-corrected chi connectivity index (χ4v) is 4.30. The molecule has 120 valence electrons. The summed E-state index contributed by atoms with van der Waals surface area (Å²) in [6.45, 7) is 5.18. The van der Waals surface area contributed by atoms with Crippen LogP contribution < -0.4 is 4.72 Å². The molecule has 0 saturated heterocycles. The second-order valence-electron chi connectivity index (χ2n) is 5.62. The molecular formula is C13H21NO5S2. The van der Waals surface area contributed by atoms with E-state index < -0.39 is 25.4 Å². The molecule has 0 aliphatic heterocycles. The van der Waals surface area contributed by atoms with Crippen molar-refractivity contribution in [3.05, 3.63) is 23.8 Å². The Kier molecular flexibility index (Phi) is 5.20. The second-order valence-corrected chi connectivity index (χ2v) is 9.29. The highest BCUT2D eigenvalue weighted by Crippen LogP contribution is 2.21. The lowest BCUT2D eigenvalue weighted by Crippen LogP contribution is -2.46. The number of sulfonamides is 1. The second kappa shape index (κ2) is 6.04. The number of hydrogen-bond donors (Lipinski definition) is 1. The van der Waals surface area contributed by atoms with E-state index in [1.165, 1.54) is 25.3 Å². The molecule has 21 heavy (non-hydrogen) atoms. The monoisotopic (exact) mass is 335 g/mol. The van der Waals surface area contributed by atoms with Gasteiger partial charge in [-0.15, -0.1) is 0 Å². The normalized spacial score (nSPS) is 13.4. The topological polar surface area (TPSA) is 89.5 Å². The van der Waals surface area contributed by atoms with Gasteiger partial charge in [0.1, 0.15) is 0 Å². The molecule has 0 aliphatic rings. The third-order valence-electron chi connectivity index (χ3n) is 2.79. The highest BCUT2D eigenvalue weighted by Gasteiger charge is 2.28.